The van der Waals surface area contributed by atoms with Crippen LogP contribution in [0.3, 0.4) is 0 Å². The smallest absolute Gasteiger partial charge is 0.150 e. The van der Waals surface area contributed by atoms with Crippen molar-refractivity contribution >= 4 is 29.4 Å². The van der Waals surface area contributed by atoms with E-state index in [0.717, 1.165) is 18.4 Å². The quantitative estimate of drug-likeness (QED) is 0.552. The third-order valence-corrected chi connectivity index (χ3v) is 4.88. The van der Waals surface area contributed by atoms with Gasteiger partial charge in [0, 0.05) is 21.9 Å². The number of aldehydes is 1. The summed E-state index contributed by atoms with van der Waals surface area (Å²) in [6, 6.07) is 14.5. The van der Waals surface area contributed by atoms with E-state index < -0.39 is 0 Å². The molecule has 0 saturated heterocycles. The Kier molecular flexibility index (Phi) is 4.30. The number of carbonyl (C=O) groups excluding carboxylic acids is 1. The number of rotatable bonds is 5. The van der Waals surface area contributed by atoms with Crippen LogP contribution in [0.4, 0.5) is 11.4 Å². The van der Waals surface area contributed by atoms with Crippen molar-refractivity contribution in [2.75, 3.05) is 11.4 Å². The van der Waals surface area contributed by atoms with E-state index in [9.17, 15) is 4.79 Å². The maximum Gasteiger partial charge on any atom is 0.150 e. The summed E-state index contributed by atoms with van der Waals surface area (Å²) in [5.41, 5.74) is 3.25. The first-order chi connectivity index (χ1) is 10.3. The second-order valence-electron chi connectivity index (χ2n) is 5.27. The van der Waals surface area contributed by atoms with Gasteiger partial charge in [0.15, 0.2) is 0 Å². The van der Waals surface area contributed by atoms with Crippen LogP contribution < -0.4 is 4.90 Å². The normalized spacial score (nSPS) is 12.7. The molecule has 0 amide bonds. The number of benzene rings is 2. The molecule has 21 heavy (non-hydrogen) atoms. The highest BCUT2D eigenvalue weighted by Crippen LogP contribution is 2.48. The van der Waals surface area contributed by atoms with Crippen LogP contribution in [0.15, 0.2) is 52.3 Å². The van der Waals surface area contributed by atoms with Gasteiger partial charge in [0.25, 0.3) is 0 Å². The zero-order valence-electron chi connectivity index (χ0n) is 12.2. The van der Waals surface area contributed by atoms with Gasteiger partial charge in [-0.15, -0.1) is 0 Å². The van der Waals surface area contributed by atoms with Crippen LogP contribution in [0.25, 0.3) is 0 Å². The van der Waals surface area contributed by atoms with E-state index in [2.05, 4.69) is 42.2 Å². The molecule has 1 aliphatic rings. The average molecular weight is 297 g/mol. The van der Waals surface area contributed by atoms with Crippen LogP contribution in [-0.2, 0) is 0 Å². The fourth-order valence-electron chi connectivity index (χ4n) is 2.68. The minimum atomic E-state index is 0.745. The maximum absolute atomic E-state index is 11.0. The number of anilines is 2. The van der Waals surface area contributed by atoms with Gasteiger partial charge in [-0.25, -0.2) is 0 Å². The highest BCUT2D eigenvalue weighted by molar-refractivity contribution is 7.99. The van der Waals surface area contributed by atoms with Gasteiger partial charge in [0.2, 0.25) is 0 Å². The Morgan fingerprint density at radius 2 is 1.86 bits per heavy atom. The van der Waals surface area contributed by atoms with Crippen LogP contribution in [0.2, 0.25) is 0 Å². The zero-order chi connectivity index (χ0) is 14.7. The van der Waals surface area contributed by atoms with Crippen LogP contribution in [0.1, 0.15) is 36.5 Å². The molecule has 2 aromatic carbocycles. The maximum atomic E-state index is 11.0. The molecule has 0 radical (unpaired) electrons. The largest absolute Gasteiger partial charge is 0.340 e. The van der Waals surface area contributed by atoms with Crippen molar-refractivity contribution in [1.82, 2.24) is 0 Å². The summed E-state index contributed by atoms with van der Waals surface area (Å²) in [5.74, 6) is 0. The molecule has 0 fully saturated rings. The third-order valence-electron chi connectivity index (χ3n) is 3.77. The third kappa shape index (κ3) is 2.84. The molecule has 0 spiro atoms. The van der Waals surface area contributed by atoms with E-state index in [-0.39, 0.29) is 0 Å². The Bertz CT molecular complexity index is 653. The van der Waals surface area contributed by atoms with Gasteiger partial charge in [-0.3, -0.25) is 4.79 Å². The molecule has 3 heteroatoms. The summed E-state index contributed by atoms with van der Waals surface area (Å²) in [7, 11) is 0. The van der Waals surface area contributed by atoms with E-state index in [1.165, 1.54) is 40.4 Å². The monoisotopic (exact) mass is 297 g/mol. The van der Waals surface area contributed by atoms with Crippen molar-refractivity contribution in [3.63, 3.8) is 0 Å². The molecular weight excluding hydrogens is 278 g/mol. The van der Waals surface area contributed by atoms with Gasteiger partial charge >= 0.3 is 0 Å². The van der Waals surface area contributed by atoms with E-state index in [0.29, 0.717) is 0 Å². The fraction of sp³-hybridized carbons (Fsp3) is 0.278. The molecule has 3 rings (SSSR count). The molecule has 0 aliphatic carbocycles. The van der Waals surface area contributed by atoms with Gasteiger partial charge in [-0.05, 0) is 36.8 Å². The molecule has 0 saturated carbocycles. The SMILES string of the molecule is CCCCCN1c2ccccc2Sc2cc(C=O)ccc21. The summed E-state index contributed by atoms with van der Waals surface area (Å²) < 4.78 is 0. The number of fused-ring (bicyclic) bond motifs is 2. The first-order valence-corrected chi connectivity index (χ1v) is 8.29. The van der Waals surface area contributed by atoms with Crippen LogP contribution >= 0.6 is 11.8 Å². The lowest BCUT2D eigenvalue weighted by molar-refractivity contribution is 0.112. The predicted octanol–water partition coefficient (Wildman–Crippen LogP) is 5.29. The van der Waals surface area contributed by atoms with Crippen molar-refractivity contribution < 1.29 is 4.79 Å². The van der Waals surface area contributed by atoms with E-state index in [4.69, 9.17) is 0 Å². The first kappa shape index (κ1) is 14.2. The number of nitrogens with zero attached hydrogens (tertiary/aromatic N) is 1. The number of hydrogen-bond donors (Lipinski definition) is 0. The molecule has 0 aromatic heterocycles. The van der Waals surface area contributed by atoms with Crippen molar-refractivity contribution in [2.24, 2.45) is 0 Å². The second kappa shape index (κ2) is 6.35. The summed E-state index contributed by atoms with van der Waals surface area (Å²) in [6.07, 6.45) is 4.57. The predicted molar refractivity (Wildman–Crippen MR) is 88.9 cm³/mol. The van der Waals surface area contributed by atoms with Crippen LogP contribution in [-0.4, -0.2) is 12.8 Å². The Morgan fingerprint density at radius 3 is 2.67 bits per heavy atom. The van der Waals surface area contributed by atoms with Gasteiger partial charge in [-0.2, -0.15) is 0 Å². The molecule has 1 heterocycles. The summed E-state index contributed by atoms with van der Waals surface area (Å²) in [4.78, 5) is 15.8. The molecule has 0 N–H and O–H groups in total. The van der Waals surface area contributed by atoms with Crippen molar-refractivity contribution in [2.45, 2.75) is 36.0 Å². The van der Waals surface area contributed by atoms with Gasteiger partial charge in [0.05, 0.1) is 11.4 Å². The van der Waals surface area contributed by atoms with Crippen molar-refractivity contribution in [1.29, 1.82) is 0 Å². The Labute approximate surface area is 130 Å². The van der Waals surface area contributed by atoms with Crippen molar-refractivity contribution in [3.8, 4) is 0 Å². The number of carbonyl (C=O) groups is 1. The number of unbranched alkanes of at least 4 members (excludes halogenated alkanes) is 2. The summed E-state index contributed by atoms with van der Waals surface area (Å²) >= 11 is 1.75. The second-order valence-corrected chi connectivity index (χ2v) is 6.36. The van der Waals surface area contributed by atoms with Crippen LogP contribution in [0, 0.1) is 0 Å². The molecule has 0 bridgehead atoms. The van der Waals surface area contributed by atoms with Gasteiger partial charge < -0.3 is 4.90 Å². The minimum Gasteiger partial charge on any atom is -0.340 e. The molecular formula is C18H19NOS. The standard InChI is InChI=1S/C18H19NOS/c1-2-3-6-11-19-15-7-4-5-8-17(15)21-18-12-14(13-20)9-10-16(18)19/h4-5,7-10,12-13H,2-3,6,11H2,1H3. The highest BCUT2D eigenvalue weighted by atomic mass is 32.2. The van der Waals surface area contributed by atoms with Crippen LogP contribution in [0.5, 0.6) is 0 Å². The Hall–Kier alpha value is -1.74. The number of hydrogen-bond acceptors (Lipinski definition) is 3. The lowest BCUT2D eigenvalue weighted by atomic mass is 10.1. The Morgan fingerprint density at radius 1 is 1.05 bits per heavy atom. The fourth-order valence-corrected chi connectivity index (χ4v) is 3.83. The van der Waals surface area contributed by atoms with Crippen molar-refractivity contribution in [3.05, 3.63) is 48.0 Å². The lowest BCUT2D eigenvalue weighted by Gasteiger charge is -2.33. The van der Waals surface area contributed by atoms with Gasteiger partial charge in [-0.1, -0.05) is 43.7 Å². The Balaban J connectivity index is 2.00. The average Bonchev–Trinajstić information content (AvgIpc) is 2.53. The van der Waals surface area contributed by atoms with Gasteiger partial charge in [0.1, 0.15) is 6.29 Å². The molecule has 1 aliphatic heterocycles. The minimum absolute atomic E-state index is 0.745. The lowest BCUT2D eigenvalue weighted by Crippen LogP contribution is -2.22. The molecule has 2 nitrogen and oxygen atoms in total. The zero-order valence-corrected chi connectivity index (χ0v) is 13.0. The topological polar surface area (TPSA) is 20.3 Å². The highest BCUT2D eigenvalue weighted by Gasteiger charge is 2.22. The summed E-state index contributed by atoms with van der Waals surface area (Å²) in [6.45, 7) is 3.25. The molecule has 2 aromatic rings. The number of para-hydroxylation sites is 1. The van der Waals surface area contributed by atoms with E-state index in [1.54, 1.807) is 11.8 Å². The van der Waals surface area contributed by atoms with E-state index in [1.807, 2.05) is 12.1 Å². The molecule has 0 unspecified atom stereocenters. The molecule has 108 valence electrons. The molecule has 0 atom stereocenters. The summed E-state index contributed by atoms with van der Waals surface area (Å²) in [5, 5.41) is 0. The van der Waals surface area contributed by atoms with E-state index >= 15 is 0 Å². The first-order valence-electron chi connectivity index (χ1n) is 7.47.